The summed E-state index contributed by atoms with van der Waals surface area (Å²) in [5.74, 6) is 2.04. The van der Waals surface area contributed by atoms with E-state index < -0.39 is 0 Å². The van der Waals surface area contributed by atoms with Gasteiger partial charge in [0.1, 0.15) is 0 Å². The van der Waals surface area contributed by atoms with Gasteiger partial charge in [-0.05, 0) is 215 Å². The van der Waals surface area contributed by atoms with Crippen molar-refractivity contribution in [3.05, 3.63) is 559 Å². The van der Waals surface area contributed by atoms with Gasteiger partial charge in [-0.2, -0.15) is 0 Å². The summed E-state index contributed by atoms with van der Waals surface area (Å²) in [6, 6.07) is 176. The van der Waals surface area contributed by atoms with Crippen LogP contribution in [0.2, 0.25) is 0 Å². The average Bonchev–Trinajstić information content (AvgIpc) is 1.59. The highest BCUT2D eigenvalue weighted by Crippen LogP contribution is 2.42. The Morgan fingerprint density at radius 3 is 0.826 bits per heavy atom. The highest BCUT2D eigenvalue weighted by molar-refractivity contribution is 6.10. The minimum absolute atomic E-state index is 0.679. The van der Waals surface area contributed by atoms with E-state index >= 15 is 0 Å². The van der Waals surface area contributed by atoms with Crippen LogP contribution in [0.5, 0.6) is 0 Å². The van der Waals surface area contributed by atoms with Gasteiger partial charge < -0.3 is 4.57 Å². The molecule has 26 aromatic rings. The van der Waals surface area contributed by atoms with E-state index in [1.54, 1.807) is 6.20 Å². The molecule has 12 nitrogen and oxygen atoms in total. The van der Waals surface area contributed by atoms with Crippen LogP contribution >= 0.6 is 0 Å². The van der Waals surface area contributed by atoms with Crippen molar-refractivity contribution in [1.82, 2.24) is 59.4 Å². The van der Waals surface area contributed by atoms with Crippen molar-refractivity contribution < 1.29 is 0 Å². The van der Waals surface area contributed by atoms with Crippen LogP contribution in [0.4, 0.5) is 0 Å². The van der Waals surface area contributed by atoms with Gasteiger partial charge in [-0.25, -0.2) is 29.9 Å². The fourth-order valence-electron chi connectivity index (χ4n) is 19.4. The van der Waals surface area contributed by atoms with Gasteiger partial charge in [-0.15, -0.1) is 0 Å². The molecular weight excluding hydrogens is 1810 g/mol. The molecule has 0 aliphatic rings. The van der Waals surface area contributed by atoms with Crippen molar-refractivity contribution in [1.29, 1.82) is 0 Å². The van der Waals surface area contributed by atoms with Crippen molar-refractivity contribution in [2.75, 3.05) is 0 Å². The molecule has 0 aliphatic carbocycles. The van der Waals surface area contributed by atoms with E-state index in [2.05, 4.69) is 461 Å². The molecule has 0 spiro atoms. The number of hydrogen-bond donors (Lipinski definition) is 0. The fraction of sp³-hybridized carbons (Fsp3) is 0. The Morgan fingerprint density at radius 1 is 0.148 bits per heavy atom. The molecule has 9 heterocycles. The van der Waals surface area contributed by atoms with E-state index in [9.17, 15) is 0 Å². The molecule has 9 aromatic heterocycles. The number of pyridine rings is 5. The standard InChI is InChI=1S/C51H34N4.C44H30N4.C42H28N4/c1-3-10-35(11-4-1)36-18-22-39(23-19-36)47-34-48(54-51(53-47)40-24-20-37(21-25-40)38-28-30-52-31-29-38)43-13-9-12-41(32-43)42-26-27-46-45-16-7-8-17-49(45)55(50(46)33-42)44-14-5-2-6-15-44;1-2-7-31(8-3-1)32-14-18-35(19-15-32)42-29-43(48-44(47-42)36-20-16-33(17-21-36)34-22-25-45-26-23-34)40-12-5-10-38(28-40)37-9-4-11-39(27-37)41-13-6-24-46-30-41;1-2-7-29(8-3-1)30-14-18-33(19-15-30)39-28-40(46-42(45-39)35-20-16-31(17-21-35)32-22-25-43-26-23-32)37-11-4-10-36(27-37)38-13-5-9-34-12-6-24-44-41(34)38/h1-34H;1-30H;1-28H. The van der Waals surface area contributed by atoms with Gasteiger partial charge in [0, 0.05) is 139 Å². The second-order valence-corrected chi connectivity index (χ2v) is 36.5. The molecule has 0 bridgehead atoms. The van der Waals surface area contributed by atoms with Crippen LogP contribution < -0.4 is 0 Å². The van der Waals surface area contributed by atoms with Crippen molar-refractivity contribution in [2.45, 2.75) is 0 Å². The van der Waals surface area contributed by atoms with Gasteiger partial charge in [0.15, 0.2) is 17.5 Å². The van der Waals surface area contributed by atoms with E-state index in [1.165, 1.54) is 55.2 Å². The maximum absolute atomic E-state index is 5.21. The van der Waals surface area contributed by atoms with Crippen molar-refractivity contribution in [3.63, 3.8) is 0 Å². The smallest absolute Gasteiger partial charge is 0.160 e. The zero-order valence-corrected chi connectivity index (χ0v) is 81.0. The molecule has 0 aliphatic heterocycles. The third kappa shape index (κ3) is 20.1. The Bertz CT molecular complexity index is 8910. The van der Waals surface area contributed by atoms with E-state index in [1.807, 2.05) is 116 Å². The average molecular weight is 1910 g/mol. The summed E-state index contributed by atoms with van der Waals surface area (Å²) < 4.78 is 2.37. The minimum atomic E-state index is 0.679. The first kappa shape index (κ1) is 91.3. The predicted octanol–water partition coefficient (Wildman–Crippen LogP) is 34.3. The van der Waals surface area contributed by atoms with E-state index in [-0.39, 0.29) is 0 Å². The third-order valence-corrected chi connectivity index (χ3v) is 27.1. The van der Waals surface area contributed by atoms with Crippen LogP contribution in [0.15, 0.2) is 559 Å². The van der Waals surface area contributed by atoms with Crippen molar-refractivity contribution >= 4 is 32.7 Å². The minimum Gasteiger partial charge on any atom is -0.309 e. The molecule has 0 saturated carbocycles. The van der Waals surface area contributed by atoms with Crippen LogP contribution in [0.25, 0.3) is 251 Å². The van der Waals surface area contributed by atoms with Gasteiger partial charge >= 0.3 is 0 Å². The van der Waals surface area contributed by atoms with Crippen LogP contribution in [-0.2, 0) is 0 Å². The van der Waals surface area contributed by atoms with E-state index in [0.29, 0.717) is 17.5 Å². The Balaban J connectivity index is 0.000000120. The number of para-hydroxylation sites is 3. The van der Waals surface area contributed by atoms with Gasteiger partial charge in [0.25, 0.3) is 0 Å². The lowest BCUT2D eigenvalue weighted by atomic mass is 9.97. The summed E-state index contributed by atoms with van der Waals surface area (Å²) in [6.07, 6.45) is 16.4. The second-order valence-electron chi connectivity index (χ2n) is 36.5. The number of hydrogen-bond acceptors (Lipinski definition) is 11. The number of nitrogens with zero attached hydrogens (tertiary/aromatic N) is 12. The zero-order valence-electron chi connectivity index (χ0n) is 81.0. The second kappa shape index (κ2) is 42.1. The molecule has 700 valence electrons. The third-order valence-electron chi connectivity index (χ3n) is 27.1. The first-order chi connectivity index (χ1) is 73.8. The summed E-state index contributed by atoms with van der Waals surface area (Å²) in [5.41, 5.74) is 41.5. The Labute approximate surface area is 864 Å². The Morgan fingerprint density at radius 2 is 0.423 bits per heavy atom. The lowest BCUT2D eigenvalue weighted by Crippen LogP contribution is -1.96. The monoisotopic (exact) mass is 1900 g/mol. The molecule has 0 saturated heterocycles. The molecule has 0 atom stereocenters. The highest BCUT2D eigenvalue weighted by atomic mass is 15.0. The lowest BCUT2D eigenvalue weighted by Gasteiger charge is -2.12. The molecule has 12 heteroatoms. The highest BCUT2D eigenvalue weighted by Gasteiger charge is 2.21. The lowest BCUT2D eigenvalue weighted by molar-refractivity contribution is 1.18. The normalized spacial score (nSPS) is 11.1. The van der Waals surface area contributed by atoms with Gasteiger partial charge in [-0.1, -0.05) is 388 Å². The van der Waals surface area contributed by atoms with Gasteiger partial charge in [0.05, 0.1) is 50.7 Å². The van der Waals surface area contributed by atoms with E-state index in [0.717, 1.165) is 179 Å². The molecule has 26 rings (SSSR count). The van der Waals surface area contributed by atoms with E-state index in [4.69, 9.17) is 34.9 Å². The molecule has 0 N–H and O–H groups in total. The van der Waals surface area contributed by atoms with Gasteiger partial charge in [-0.3, -0.25) is 24.9 Å². The molecular formula is C137H92N12. The van der Waals surface area contributed by atoms with Crippen LogP contribution in [0.3, 0.4) is 0 Å². The largest absolute Gasteiger partial charge is 0.309 e. The number of rotatable bonds is 20. The SMILES string of the molecule is c1ccc(-c2ccc(-c3cc(-c4cccc(-c5ccc6c7ccccc7n(-c7ccccc7)c6c5)c4)nc(-c4ccc(-c5ccncc5)cc4)n3)cc2)cc1.c1ccc(-c2ccc(-c3cc(-c4cccc(-c5cccc(-c6cccnc6)c5)c4)nc(-c4ccc(-c5ccncc5)cc4)n3)cc2)cc1.c1ccc(-c2ccc(-c3cc(-c4cccc(-c5cccc6cccnc56)c4)nc(-c4ccc(-c5ccncc5)cc4)n3)cc2)cc1. The number of benzene rings is 17. The number of fused-ring (bicyclic) bond motifs is 4. The first-order valence-corrected chi connectivity index (χ1v) is 49.7. The summed E-state index contributed by atoms with van der Waals surface area (Å²) in [7, 11) is 0. The quantitative estimate of drug-likeness (QED) is 0.0718. The zero-order chi connectivity index (χ0) is 99.4. The van der Waals surface area contributed by atoms with Crippen LogP contribution in [0, 0.1) is 0 Å². The molecule has 0 radical (unpaired) electrons. The fourth-order valence-corrected chi connectivity index (χ4v) is 19.4. The maximum atomic E-state index is 5.21. The van der Waals surface area contributed by atoms with Crippen LogP contribution in [-0.4, -0.2) is 59.4 Å². The molecule has 0 amide bonds. The predicted molar refractivity (Wildman–Crippen MR) is 610 cm³/mol. The van der Waals surface area contributed by atoms with Crippen molar-refractivity contribution in [2.24, 2.45) is 0 Å². The summed E-state index contributed by atoms with van der Waals surface area (Å²) in [6.45, 7) is 0. The van der Waals surface area contributed by atoms with Crippen LogP contribution in [0.1, 0.15) is 0 Å². The topological polar surface area (TPSA) is 147 Å². The maximum Gasteiger partial charge on any atom is 0.160 e. The molecule has 149 heavy (non-hydrogen) atoms. The Hall–Kier alpha value is -20.2. The molecule has 17 aromatic carbocycles. The van der Waals surface area contributed by atoms with Crippen molar-refractivity contribution in [3.8, 4) is 219 Å². The summed E-state index contributed by atoms with van der Waals surface area (Å²) in [4.78, 5) is 52.3. The molecule has 0 unspecified atom stereocenters. The molecule has 0 fully saturated rings. The first-order valence-electron chi connectivity index (χ1n) is 49.7. The van der Waals surface area contributed by atoms with Gasteiger partial charge in [0.2, 0.25) is 0 Å². The Kier molecular flexibility index (Phi) is 25.8. The number of aromatic nitrogens is 12. The summed E-state index contributed by atoms with van der Waals surface area (Å²) >= 11 is 0. The summed E-state index contributed by atoms with van der Waals surface area (Å²) in [5, 5.41) is 3.59.